The van der Waals surface area contributed by atoms with E-state index in [0.29, 0.717) is 0 Å². The van der Waals surface area contributed by atoms with Crippen LogP contribution in [-0.2, 0) is 10.3 Å². The zero-order valence-electron chi connectivity index (χ0n) is 12.3. The molecule has 0 radical (unpaired) electrons. The fourth-order valence-electron chi connectivity index (χ4n) is 2.22. The molecular weight excluding hydrogens is 288 g/mol. The first kappa shape index (κ1) is 14.7. The Labute approximate surface area is 133 Å². The number of pyridine rings is 1. The van der Waals surface area contributed by atoms with Crippen LogP contribution in [0.3, 0.4) is 0 Å². The summed E-state index contributed by atoms with van der Waals surface area (Å²) < 4.78 is 0. The molecule has 1 aliphatic heterocycles. The van der Waals surface area contributed by atoms with E-state index in [-0.39, 0.29) is 0 Å². The summed E-state index contributed by atoms with van der Waals surface area (Å²) in [6.45, 7) is 0. The van der Waals surface area contributed by atoms with E-state index in [1.807, 2.05) is 60.8 Å². The van der Waals surface area contributed by atoms with Crippen molar-refractivity contribution in [3.8, 4) is 0 Å². The highest BCUT2D eigenvalue weighted by molar-refractivity contribution is 5.94. The van der Waals surface area contributed by atoms with E-state index in [2.05, 4.69) is 32.6 Å². The Balaban J connectivity index is 0.000000140. The van der Waals surface area contributed by atoms with E-state index >= 15 is 0 Å². The standard InChI is InChI=1S/C9H7N3O.C9H7N/c13-7-9(6-10-12-11-9)8-4-2-1-3-5-8;1-2-6-9-8(4-1)5-3-7-10-9/h1-7H;1-7H. The normalized spacial score (nSPS) is 18.4. The predicted octanol–water partition coefficient (Wildman–Crippen LogP) is 3.77. The van der Waals surface area contributed by atoms with Crippen LogP contribution in [0.2, 0.25) is 0 Å². The molecule has 0 fully saturated rings. The van der Waals surface area contributed by atoms with E-state index in [0.717, 1.165) is 17.4 Å². The van der Waals surface area contributed by atoms with E-state index in [1.165, 1.54) is 11.6 Å². The van der Waals surface area contributed by atoms with Crippen molar-refractivity contribution in [1.29, 1.82) is 0 Å². The van der Waals surface area contributed by atoms with E-state index in [4.69, 9.17) is 0 Å². The van der Waals surface area contributed by atoms with Crippen molar-refractivity contribution in [2.24, 2.45) is 15.4 Å². The van der Waals surface area contributed by atoms with Crippen LogP contribution in [0.1, 0.15) is 5.56 Å². The van der Waals surface area contributed by atoms with Gasteiger partial charge >= 0.3 is 0 Å². The first-order valence-electron chi connectivity index (χ1n) is 7.12. The Morgan fingerprint density at radius 1 is 0.870 bits per heavy atom. The fourth-order valence-corrected chi connectivity index (χ4v) is 2.22. The summed E-state index contributed by atoms with van der Waals surface area (Å²) in [4.78, 5) is 15.1. The van der Waals surface area contributed by atoms with Crippen molar-refractivity contribution in [2.45, 2.75) is 5.54 Å². The van der Waals surface area contributed by atoms with Crippen molar-refractivity contribution in [1.82, 2.24) is 4.98 Å². The van der Waals surface area contributed by atoms with Gasteiger partial charge in [0.25, 0.3) is 0 Å². The predicted molar refractivity (Wildman–Crippen MR) is 89.3 cm³/mol. The second-order valence-corrected chi connectivity index (χ2v) is 4.94. The second kappa shape index (κ2) is 6.70. The van der Waals surface area contributed by atoms with Gasteiger partial charge in [-0.2, -0.15) is 0 Å². The zero-order valence-corrected chi connectivity index (χ0v) is 12.3. The average molecular weight is 302 g/mol. The summed E-state index contributed by atoms with van der Waals surface area (Å²) in [7, 11) is 0. The molecule has 1 unspecified atom stereocenters. The molecular formula is C18H14N4O. The van der Waals surface area contributed by atoms with Gasteiger partial charge in [-0.05, 0) is 22.9 Å². The number of benzene rings is 2. The van der Waals surface area contributed by atoms with Crippen molar-refractivity contribution < 1.29 is 4.79 Å². The number of fused-ring (bicyclic) bond motifs is 1. The van der Waals surface area contributed by atoms with Gasteiger partial charge in [-0.15, -0.1) is 10.2 Å². The molecule has 1 aliphatic rings. The lowest BCUT2D eigenvalue weighted by Crippen LogP contribution is -2.24. The van der Waals surface area contributed by atoms with Crippen molar-refractivity contribution >= 4 is 23.4 Å². The number of aromatic nitrogens is 1. The van der Waals surface area contributed by atoms with Gasteiger partial charge in [-0.3, -0.25) is 9.78 Å². The highest BCUT2D eigenvalue weighted by Gasteiger charge is 2.32. The Morgan fingerprint density at radius 2 is 1.61 bits per heavy atom. The van der Waals surface area contributed by atoms with Gasteiger partial charge in [0.15, 0.2) is 6.29 Å². The van der Waals surface area contributed by atoms with E-state index < -0.39 is 5.54 Å². The summed E-state index contributed by atoms with van der Waals surface area (Å²) in [5.41, 5.74) is 0.862. The molecule has 0 spiro atoms. The third-order valence-electron chi connectivity index (χ3n) is 3.44. The molecule has 5 nitrogen and oxygen atoms in total. The molecule has 0 bridgehead atoms. The molecule has 3 aromatic rings. The van der Waals surface area contributed by atoms with Crippen LogP contribution in [0.4, 0.5) is 0 Å². The van der Waals surface area contributed by atoms with Gasteiger partial charge in [0.05, 0.1) is 11.7 Å². The van der Waals surface area contributed by atoms with Crippen molar-refractivity contribution in [3.63, 3.8) is 0 Å². The van der Waals surface area contributed by atoms with Gasteiger partial charge in [0, 0.05) is 11.6 Å². The molecule has 2 heterocycles. The second-order valence-electron chi connectivity index (χ2n) is 4.94. The number of nitrogens with zero attached hydrogens (tertiary/aromatic N) is 4. The first-order valence-corrected chi connectivity index (χ1v) is 7.12. The van der Waals surface area contributed by atoms with Crippen LogP contribution in [0, 0.1) is 0 Å². The molecule has 23 heavy (non-hydrogen) atoms. The number of aldehydes is 1. The van der Waals surface area contributed by atoms with Gasteiger partial charge in [0.2, 0.25) is 5.54 Å². The molecule has 112 valence electrons. The minimum absolute atomic E-state index is 0.738. The topological polar surface area (TPSA) is 67.0 Å². The molecule has 0 amide bonds. The lowest BCUT2D eigenvalue weighted by atomic mass is 9.94. The van der Waals surface area contributed by atoms with Gasteiger partial charge < -0.3 is 0 Å². The van der Waals surface area contributed by atoms with Crippen LogP contribution in [0.5, 0.6) is 0 Å². The molecule has 4 rings (SSSR count). The van der Waals surface area contributed by atoms with Crippen LogP contribution in [0.25, 0.3) is 10.9 Å². The van der Waals surface area contributed by atoms with Gasteiger partial charge in [0.1, 0.15) is 0 Å². The third-order valence-corrected chi connectivity index (χ3v) is 3.44. The van der Waals surface area contributed by atoms with E-state index in [9.17, 15) is 4.79 Å². The monoisotopic (exact) mass is 302 g/mol. The fraction of sp³-hybridized carbons (Fsp3) is 0.0556. The summed E-state index contributed by atoms with van der Waals surface area (Å²) in [6, 6.07) is 21.3. The average Bonchev–Trinajstić information content (AvgIpc) is 3.14. The van der Waals surface area contributed by atoms with E-state index in [1.54, 1.807) is 0 Å². The smallest absolute Gasteiger partial charge is 0.200 e. The minimum Gasteiger partial charge on any atom is -0.300 e. The van der Waals surface area contributed by atoms with Gasteiger partial charge in [-0.25, -0.2) is 0 Å². The number of hydrogen-bond acceptors (Lipinski definition) is 5. The minimum atomic E-state index is -0.985. The number of hydrogen-bond donors (Lipinski definition) is 0. The lowest BCUT2D eigenvalue weighted by Gasteiger charge is -2.12. The van der Waals surface area contributed by atoms with Crippen LogP contribution >= 0.6 is 0 Å². The molecule has 1 aromatic heterocycles. The van der Waals surface area contributed by atoms with Crippen LogP contribution in [0.15, 0.2) is 88.4 Å². The summed E-state index contributed by atoms with van der Waals surface area (Å²) in [5, 5.41) is 12.0. The maximum Gasteiger partial charge on any atom is 0.200 e. The number of rotatable bonds is 2. The van der Waals surface area contributed by atoms with Crippen molar-refractivity contribution in [2.75, 3.05) is 0 Å². The van der Waals surface area contributed by atoms with Crippen molar-refractivity contribution in [3.05, 3.63) is 78.5 Å². The quantitative estimate of drug-likeness (QED) is 0.676. The molecule has 0 N–H and O–H groups in total. The lowest BCUT2D eigenvalue weighted by molar-refractivity contribution is -0.110. The third kappa shape index (κ3) is 3.18. The highest BCUT2D eigenvalue weighted by Crippen LogP contribution is 2.25. The Kier molecular flexibility index (Phi) is 4.29. The Bertz CT molecular complexity index is 782. The Morgan fingerprint density at radius 3 is 2.30 bits per heavy atom. The maximum atomic E-state index is 10.9. The molecule has 0 saturated carbocycles. The SMILES string of the molecule is O=CC1(c2ccccc2)C=NN=N1.c1ccc2ncccc2c1. The molecule has 1 atom stereocenters. The first-order chi connectivity index (χ1) is 11.3. The van der Waals surface area contributed by atoms with Gasteiger partial charge in [-0.1, -0.05) is 54.6 Å². The molecule has 0 saturated heterocycles. The number of carbonyl (C=O) groups excluding carboxylic acids is 1. The zero-order chi connectivity index (χ0) is 16.0. The highest BCUT2D eigenvalue weighted by atomic mass is 16.1. The summed E-state index contributed by atoms with van der Waals surface area (Å²) >= 11 is 0. The summed E-state index contributed by atoms with van der Waals surface area (Å²) in [6.07, 6.45) is 3.99. The summed E-state index contributed by atoms with van der Waals surface area (Å²) in [5.74, 6) is 0. The molecule has 0 aliphatic carbocycles. The van der Waals surface area contributed by atoms with Crippen LogP contribution < -0.4 is 0 Å². The number of carbonyl (C=O) groups is 1. The van der Waals surface area contributed by atoms with Crippen LogP contribution in [-0.4, -0.2) is 17.5 Å². The number of para-hydroxylation sites is 1. The Hall–Kier alpha value is -3.21. The largest absolute Gasteiger partial charge is 0.300 e. The maximum absolute atomic E-state index is 10.9. The molecule has 2 aromatic carbocycles. The molecule has 5 heteroatoms.